The zero-order valence-corrected chi connectivity index (χ0v) is 14.2. The smallest absolute Gasteiger partial charge is 0.274 e. The van der Waals surface area contributed by atoms with Crippen molar-refractivity contribution < 1.29 is 13.9 Å². The molecule has 126 valence electrons. The van der Waals surface area contributed by atoms with E-state index in [1.165, 1.54) is 24.4 Å². The number of carbonyl (C=O) groups is 1. The number of ether oxygens (including phenoxy) is 1. The van der Waals surface area contributed by atoms with E-state index in [1.807, 2.05) is 13.8 Å². The highest BCUT2D eigenvalue weighted by molar-refractivity contribution is 6.32. The molecule has 1 N–H and O–H groups in total. The molecule has 4 nitrogen and oxygen atoms in total. The van der Waals surface area contributed by atoms with E-state index in [2.05, 4.69) is 10.5 Å². The van der Waals surface area contributed by atoms with E-state index in [0.717, 1.165) is 6.42 Å². The molecule has 0 aromatic heterocycles. The molecule has 2 aromatic carbocycles. The van der Waals surface area contributed by atoms with Crippen LogP contribution in [-0.2, 0) is 0 Å². The maximum Gasteiger partial charge on any atom is 0.274 e. The Morgan fingerprint density at radius 2 is 2.12 bits per heavy atom. The summed E-state index contributed by atoms with van der Waals surface area (Å²) < 4.78 is 19.2. The minimum Gasteiger partial charge on any atom is -0.489 e. The van der Waals surface area contributed by atoms with E-state index in [-0.39, 0.29) is 11.7 Å². The Morgan fingerprint density at radius 3 is 2.79 bits per heavy atom. The fraction of sp³-hybridized carbons (Fsp3) is 0.222. The van der Waals surface area contributed by atoms with Gasteiger partial charge in [0.1, 0.15) is 11.6 Å². The molecule has 24 heavy (non-hydrogen) atoms. The second-order valence-corrected chi connectivity index (χ2v) is 5.61. The number of benzene rings is 2. The summed E-state index contributed by atoms with van der Waals surface area (Å²) in [7, 11) is 0. The Balaban J connectivity index is 2.01. The Hall–Kier alpha value is -2.40. The number of halogens is 2. The van der Waals surface area contributed by atoms with Gasteiger partial charge in [-0.3, -0.25) is 4.79 Å². The lowest BCUT2D eigenvalue weighted by Crippen LogP contribution is -2.18. The van der Waals surface area contributed by atoms with E-state index < -0.39 is 11.7 Å². The lowest BCUT2D eigenvalue weighted by atomic mass is 10.2. The van der Waals surface area contributed by atoms with Crippen molar-refractivity contribution in [1.29, 1.82) is 0 Å². The van der Waals surface area contributed by atoms with E-state index in [1.54, 1.807) is 24.3 Å². The third-order valence-corrected chi connectivity index (χ3v) is 3.65. The zero-order valence-electron chi connectivity index (χ0n) is 13.4. The van der Waals surface area contributed by atoms with Crippen molar-refractivity contribution in [2.45, 2.75) is 26.4 Å². The van der Waals surface area contributed by atoms with Gasteiger partial charge in [0.2, 0.25) is 0 Å². The standard InChI is InChI=1S/C18H18ClFN2O2/c1-3-12(2)24-17-9-8-13(10-15(17)19)11-21-22-18(23)14-6-4-5-7-16(14)20/h4-12H,3H2,1-2H3,(H,22,23)/b21-11-/t12-/m1/s1. The maximum atomic E-state index is 13.5. The second kappa shape index (κ2) is 8.45. The average molecular weight is 349 g/mol. The van der Waals surface area contributed by atoms with Crippen LogP contribution in [-0.4, -0.2) is 18.2 Å². The van der Waals surface area contributed by atoms with Gasteiger partial charge in [-0.2, -0.15) is 5.10 Å². The van der Waals surface area contributed by atoms with Gasteiger partial charge in [0.15, 0.2) is 0 Å². The number of hydrogen-bond donors (Lipinski definition) is 1. The third kappa shape index (κ3) is 4.80. The first kappa shape index (κ1) is 17.9. The number of carbonyl (C=O) groups excluding carboxylic acids is 1. The van der Waals surface area contributed by atoms with Gasteiger partial charge < -0.3 is 4.74 Å². The molecule has 0 saturated heterocycles. The second-order valence-electron chi connectivity index (χ2n) is 5.21. The van der Waals surface area contributed by atoms with Gasteiger partial charge >= 0.3 is 0 Å². The number of nitrogens with zero attached hydrogens (tertiary/aromatic N) is 1. The number of nitrogens with one attached hydrogen (secondary N) is 1. The van der Waals surface area contributed by atoms with Crippen LogP contribution >= 0.6 is 11.6 Å². The Labute approximate surface area is 145 Å². The normalized spacial score (nSPS) is 12.2. The Kier molecular flexibility index (Phi) is 6.32. The lowest BCUT2D eigenvalue weighted by molar-refractivity contribution is 0.0951. The molecule has 0 aliphatic heterocycles. The van der Waals surface area contributed by atoms with Crippen LogP contribution in [0, 0.1) is 5.82 Å². The topological polar surface area (TPSA) is 50.7 Å². The predicted molar refractivity (Wildman–Crippen MR) is 93.3 cm³/mol. The fourth-order valence-corrected chi connectivity index (χ4v) is 2.10. The molecule has 1 amide bonds. The molecule has 0 spiro atoms. The molecule has 0 aliphatic rings. The predicted octanol–water partition coefficient (Wildman–Crippen LogP) is 4.42. The van der Waals surface area contributed by atoms with Gasteiger partial charge in [-0.25, -0.2) is 9.82 Å². The highest BCUT2D eigenvalue weighted by Crippen LogP contribution is 2.26. The van der Waals surface area contributed by atoms with Crippen molar-refractivity contribution in [3.05, 3.63) is 64.4 Å². The first-order valence-corrected chi connectivity index (χ1v) is 7.93. The molecule has 6 heteroatoms. The molecule has 2 rings (SSSR count). The number of rotatable bonds is 6. The van der Waals surface area contributed by atoms with Crippen molar-refractivity contribution in [2.24, 2.45) is 5.10 Å². The fourth-order valence-electron chi connectivity index (χ4n) is 1.86. The van der Waals surface area contributed by atoms with Gasteiger partial charge in [-0.1, -0.05) is 30.7 Å². The molecule has 0 unspecified atom stereocenters. The summed E-state index contributed by atoms with van der Waals surface area (Å²) in [5.74, 6) is -0.620. The summed E-state index contributed by atoms with van der Waals surface area (Å²) in [5, 5.41) is 4.27. The van der Waals surface area contributed by atoms with Crippen LogP contribution in [0.2, 0.25) is 5.02 Å². The largest absolute Gasteiger partial charge is 0.489 e. The van der Waals surface area contributed by atoms with Crippen LogP contribution in [0.25, 0.3) is 0 Å². The molecule has 0 bridgehead atoms. The van der Waals surface area contributed by atoms with Crippen LogP contribution < -0.4 is 10.2 Å². The summed E-state index contributed by atoms with van der Waals surface area (Å²) in [4.78, 5) is 11.8. The molecule has 0 aliphatic carbocycles. The quantitative estimate of drug-likeness (QED) is 0.620. The molecule has 0 heterocycles. The van der Waals surface area contributed by atoms with Gasteiger partial charge in [-0.15, -0.1) is 0 Å². The molecular formula is C18H18ClFN2O2. The first-order valence-electron chi connectivity index (χ1n) is 7.55. The van der Waals surface area contributed by atoms with Gasteiger partial charge in [0.05, 0.1) is 22.9 Å². The van der Waals surface area contributed by atoms with Crippen LogP contribution in [0.15, 0.2) is 47.6 Å². The molecule has 1 atom stereocenters. The monoisotopic (exact) mass is 348 g/mol. The van der Waals surface area contributed by atoms with E-state index in [9.17, 15) is 9.18 Å². The summed E-state index contributed by atoms with van der Waals surface area (Å²) in [6, 6.07) is 10.9. The van der Waals surface area contributed by atoms with E-state index in [4.69, 9.17) is 16.3 Å². The SMILES string of the molecule is CC[C@@H](C)Oc1ccc(/C=N\NC(=O)c2ccccc2F)cc1Cl. The van der Waals surface area contributed by atoms with Crippen molar-refractivity contribution in [1.82, 2.24) is 5.43 Å². The highest BCUT2D eigenvalue weighted by Gasteiger charge is 2.09. The van der Waals surface area contributed by atoms with Gasteiger partial charge in [0, 0.05) is 0 Å². The highest BCUT2D eigenvalue weighted by atomic mass is 35.5. The summed E-state index contributed by atoms with van der Waals surface area (Å²) in [5.41, 5.74) is 2.90. The van der Waals surface area contributed by atoms with Crippen LogP contribution in [0.5, 0.6) is 5.75 Å². The molecule has 2 aromatic rings. The molecule has 0 saturated carbocycles. The Bertz CT molecular complexity index is 750. The molecule has 0 radical (unpaired) electrons. The number of hydrogen-bond acceptors (Lipinski definition) is 3. The Morgan fingerprint density at radius 1 is 1.38 bits per heavy atom. The van der Waals surface area contributed by atoms with Gasteiger partial charge in [0.25, 0.3) is 5.91 Å². The number of hydrazone groups is 1. The van der Waals surface area contributed by atoms with E-state index in [0.29, 0.717) is 16.3 Å². The van der Waals surface area contributed by atoms with Crippen molar-refractivity contribution in [3.63, 3.8) is 0 Å². The third-order valence-electron chi connectivity index (χ3n) is 3.36. The maximum absolute atomic E-state index is 13.5. The van der Waals surface area contributed by atoms with Crippen LogP contribution in [0.3, 0.4) is 0 Å². The first-order chi connectivity index (χ1) is 11.5. The average Bonchev–Trinajstić information content (AvgIpc) is 2.57. The van der Waals surface area contributed by atoms with Crippen LogP contribution in [0.4, 0.5) is 4.39 Å². The molecule has 0 fully saturated rings. The number of amides is 1. The molecular weight excluding hydrogens is 331 g/mol. The summed E-state index contributed by atoms with van der Waals surface area (Å²) in [6.45, 7) is 3.99. The van der Waals surface area contributed by atoms with Crippen molar-refractivity contribution in [2.75, 3.05) is 0 Å². The van der Waals surface area contributed by atoms with Crippen molar-refractivity contribution >= 4 is 23.7 Å². The van der Waals surface area contributed by atoms with E-state index >= 15 is 0 Å². The van der Waals surface area contributed by atoms with Crippen LogP contribution in [0.1, 0.15) is 36.2 Å². The lowest BCUT2D eigenvalue weighted by Gasteiger charge is -2.13. The summed E-state index contributed by atoms with van der Waals surface area (Å²) in [6.07, 6.45) is 2.38. The minimum atomic E-state index is -0.618. The zero-order chi connectivity index (χ0) is 17.5. The van der Waals surface area contributed by atoms with Gasteiger partial charge in [-0.05, 0) is 49.2 Å². The van der Waals surface area contributed by atoms with Crippen molar-refractivity contribution in [3.8, 4) is 5.75 Å². The summed E-state index contributed by atoms with van der Waals surface area (Å²) >= 11 is 6.16. The minimum absolute atomic E-state index is 0.0648.